The Balaban J connectivity index is 0.00000135. The molecule has 0 unspecified atom stereocenters. The number of aliphatic hydroxyl groups excluding tert-OH is 1. The number of nitrogens with zero attached hydrogens (tertiary/aromatic N) is 1. The van der Waals surface area contributed by atoms with Gasteiger partial charge in [-0.3, -0.25) is 0 Å². The van der Waals surface area contributed by atoms with E-state index in [9.17, 15) is 5.11 Å². The molecular formula is C18H24ClNO3. The first-order valence-electron chi connectivity index (χ1n) is 8.42. The van der Waals surface area contributed by atoms with Crippen molar-refractivity contribution in [1.29, 1.82) is 0 Å². The maximum absolute atomic E-state index is 10.6. The van der Waals surface area contributed by atoms with Crippen LogP contribution in [0.25, 0.3) is 0 Å². The normalized spacial score (nSPS) is 40.0. The Hall–Kier alpha value is -0.970. The Morgan fingerprint density at radius 3 is 2.96 bits per heavy atom. The summed E-state index contributed by atoms with van der Waals surface area (Å²) < 4.78 is 11.9. The van der Waals surface area contributed by atoms with Crippen LogP contribution in [0.2, 0.25) is 0 Å². The quantitative estimate of drug-likeness (QED) is 0.852. The molecule has 1 aromatic carbocycles. The molecule has 2 heterocycles. The minimum Gasteiger partial charge on any atom is -0.493 e. The topological polar surface area (TPSA) is 41.9 Å². The van der Waals surface area contributed by atoms with E-state index in [1.54, 1.807) is 7.11 Å². The number of piperidine rings is 1. The summed E-state index contributed by atoms with van der Waals surface area (Å²) >= 11 is 0. The van der Waals surface area contributed by atoms with E-state index >= 15 is 0 Å². The number of hydrogen-bond donors (Lipinski definition) is 1. The Kier molecular flexibility index (Phi) is 3.39. The van der Waals surface area contributed by atoms with E-state index in [0.29, 0.717) is 12.0 Å². The van der Waals surface area contributed by atoms with Crippen LogP contribution in [-0.4, -0.2) is 49.0 Å². The molecule has 2 aliphatic carbocycles. The van der Waals surface area contributed by atoms with Gasteiger partial charge in [-0.05, 0) is 56.8 Å². The van der Waals surface area contributed by atoms with Crippen molar-refractivity contribution in [1.82, 2.24) is 4.90 Å². The van der Waals surface area contributed by atoms with Crippen molar-refractivity contribution in [3.05, 3.63) is 23.3 Å². The van der Waals surface area contributed by atoms with E-state index in [2.05, 4.69) is 18.0 Å². The number of likely N-dealkylation sites (tertiary alicyclic amines) is 1. The lowest BCUT2D eigenvalue weighted by Crippen LogP contribution is -2.66. The maximum Gasteiger partial charge on any atom is 0.165 e. The third-order valence-electron chi connectivity index (χ3n) is 6.77. The van der Waals surface area contributed by atoms with Crippen LogP contribution in [-0.2, 0) is 11.8 Å². The Bertz CT molecular complexity index is 651. The summed E-state index contributed by atoms with van der Waals surface area (Å²) in [5.41, 5.74) is 2.77. The number of ether oxygens (including phenoxy) is 2. The fourth-order valence-electron chi connectivity index (χ4n) is 5.86. The third-order valence-corrected chi connectivity index (χ3v) is 6.77. The predicted octanol–water partition coefficient (Wildman–Crippen LogP) is 2.15. The molecule has 2 fully saturated rings. The standard InChI is InChI=1S/C18H23NO3.ClH/c1-19-8-7-18-11-4-5-13(20)17(18)22-16-14(21-2)6-3-10(15(16)18)9-12(11)19;/h3,6,11-13,17,20H,4-5,7-9H2,1-2H3;1H/t11-,12+,13-,17-,18-;/m0./s1. The molecule has 23 heavy (non-hydrogen) atoms. The molecular weight excluding hydrogens is 314 g/mol. The SMILES string of the molecule is COc1ccc2c3c1O[C@H]1[C@@H](O)CC[C@H]4[C@@H](C2)N(C)CC[C@@]341.Cl. The van der Waals surface area contributed by atoms with E-state index < -0.39 is 0 Å². The van der Waals surface area contributed by atoms with Gasteiger partial charge >= 0.3 is 0 Å². The van der Waals surface area contributed by atoms with Crippen molar-refractivity contribution in [2.75, 3.05) is 20.7 Å². The summed E-state index contributed by atoms with van der Waals surface area (Å²) in [5, 5.41) is 10.6. The zero-order valence-electron chi connectivity index (χ0n) is 13.6. The molecule has 0 radical (unpaired) electrons. The van der Waals surface area contributed by atoms with Gasteiger partial charge in [0.1, 0.15) is 6.10 Å². The van der Waals surface area contributed by atoms with Gasteiger partial charge in [0.15, 0.2) is 11.5 Å². The summed E-state index contributed by atoms with van der Waals surface area (Å²) in [6, 6.07) is 4.83. The lowest BCUT2D eigenvalue weighted by atomic mass is 9.51. The number of methoxy groups -OCH3 is 1. The van der Waals surface area contributed by atoms with Crippen LogP contribution in [0.5, 0.6) is 11.5 Å². The summed E-state index contributed by atoms with van der Waals surface area (Å²) in [7, 11) is 3.96. The Morgan fingerprint density at radius 2 is 2.17 bits per heavy atom. The molecule has 1 spiro atoms. The van der Waals surface area contributed by atoms with Crippen LogP contribution in [0, 0.1) is 5.92 Å². The first-order chi connectivity index (χ1) is 10.7. The van der Waals surface area contributed by atoms with Gasteiger partial charge in [-0.1, -0.05) is 6.07 Å². The highest BCUT2D eigenvalue weighted by atomic mass is 35.5. The van der Waals surface area contributed by atoms with Crippen molar-refractivity contribution < 1.29 is 14.6 Å². The number of hydrogen-bond acceptors (Lipinski definition) is 4. The molecule has 1 saturated carbocycles. The van der Waals surface area contributed by atoms with Crippen LogP contribution in [0.3, 0.4) is 0 Å². The van der Waals surface area contributed by atoms with Gasteiger partial charge in [-0.2, -0.15) is 0 Å². The zero-order valence-corrected chi connectivity index (χ0v) is 14.4. The van der Waals surface area contributed by atoms with Gasteiger partial charge in [0, 0.05) is 17.0 Å². The number of halogens is 1. The van der Waals surface area contributed by atoms with Crippen LogP contribution in [0.4, 0.5) is 0 Å². The minimum absolute atomic E-state index is 0. The van der Waals surface area contributed by atoms with Crippen molar-refractivity contribution >= 4 is 12.4 Å². The highest BCUT2D eigenvalue weighted by Gasteiger charge is 2.65. The smallest absolute Gasteiger partial charge is 0.165 e. The molecule has 2 bridgehead atoms. The molecule has 1 aromatic rings. The Morgan fingerprint density at radius 1 is 1.35 bits per heavy atom. The molecule has 0 aromatic heterocycles. The van der Waals surface area contributed by atoms with Gasteiger partial charge in [0.05, 0.1) is 13.2 Å². The fraction of sp³-hybridized carbons (Fsp3) is 0.667. The lowest BCUT2D eigenvalue weighted by molar-refractivity contribution is -0.0993. The second-order valence-electron chi connectivity index (χ2n) is 7.46. The third kappa shape index (κ3) is 1.70. The highest BCUT2D eigenvalue weighted by molar-refractivity contribution is 5.85. The second kappa shape index (κ2) is 5.01. The summed E-state index contributed by atoms with van der Waals surface area (Å²) in [6.45, 7) is 1.09. The summed E-state index contributed by atoms with van der Waals surface area (Å²) in [6.07, 6.45) is 3.69. The Labute approximate surface area is 143 Å². The van der Waals surface area contributed by atoms with Gasteiger partial charge in [0.25, 0.3) is 0 Å². The molecule has 5 heteroatoms. The molecule has 5 atom stereocenters. The molecule has 0 amide bonds. The minimum atomic E-state index is -0.358. The molecule has 4 nitrogen and oxygen atoms in total. The molecule has 126 valence electrons. The molecule has 1 N–H and O–H groups in total. The van der Waals surface area contributed by atoms with Gasteiger partial charge in [-0.25, -0.2) is 0 Å². The van der Waals surface area contributed by atoms with E-state index in [4.69, 9.17) is 9.47 Å². The summed E-state index contributed by atoms with van der Waals surface area (Å²) in [4.78, 5) is 2.52. The average Bonchev–Trinajstić information content (AvgIpc) is 2.88. The predicted molar refractivity (Wildman–Crippen MR) is 89.8 cm³/mol. The first-order valence-corrected chi connectivity index (χ1v) is 8.42. The fourth-order valence-corrected chi connectivity index (χ4v) is 5.86. The van der Waals surface area contributed by atoms with Gasteiger partial charge in [-0.15, -0.1) is 12.4 Å². The van der Waals surface area contributed by atoms with Crippen LogP contribution in [0.15, 0.2) is 12.1 Å². The van der Waals surface area contributed by atoms with Crippen LogP contribution >= 0.6 is 12.4 Å². The molecule has 5 rings (SSSR count). The van der Waals surface area contributed by atoms with Crippen molar-refractivity contribution in [2.24, 2.45) is 5.92 Å². The van der Waals surface area contributed by atoms with Gasteiger partial charge in [0.2, 0.25) is 0 Å². The monoisotopic (exact) mass is 337 g/mol. The van der Waals surface area contributed by atoms with Crippen molar-refractivity contribution in [3.63, 3.8) is 0 Å². The van der Waals surface area contributed by atoms with E-state index in [1.165, 1.54) is 11.1 Å². The number of aliphatic hydroxyl groups is 1. The molecule has 4 aliphatic rings. The summed E-state index contributed by atoms with van der Waals surface area (Å²) in [5.74, 6) is 2.34. The second-order valence-corrected chi connectivity index (χ2v) is 7.46. The maximum atomic E-state index is 10.6. The lowest BCUT2D eigenvalue weighted by Gasteiger charge is -2.58. The number of benzene rings is 1. The van der Waals surface area contributed by atoms with E-state index in [0.717, 1.165) is 43.7 Å². The highest BCUT2D eigenvalue weighted by Crippen LogP contribution is 2.63. The number of rotatable bonds is 1. The molecule has 1 saturated heterocycles. The number of likely N-dealkylation sites (N-methyl/N-ethyl adjacent to an activating group) is 1. The van der Waals surface area contributed by atoms with Crippen molar-refractivity contribution in [2.45, 2.75) is 49.3 Å². The first kappa shape index (κ1) is 15.6. The largest absolute Gasteiger partial charge is 0.493 e. The van der Waals surface area contributed by atoms with Crippen LogP contribution < -0.4 is 9.47 Å². The zero-order chi connectivity index (χ0) is 15.1. The molecule has 2 aliphatic heterocycles. The van der Waals surface area contributed by atoms with Crippen LogP contribution in [0.1, 0.15) is 30.4 Å². The average molecular weight is 338 g/mol. The van der Waals surface area contributed by atoms with Crippen molar-refractivity contribution in [3.8, 4) is 11.5 Å². The van der Waals surface area contributed by atoms with Gasteiger partial charge < -0.3 is 19.5 Å². The van der Waals surface area contributed by atoms with E-state index in [1.807, 2.05) is 6.07 Å². The van der Waals surface area contributed by atoms with E-state index in [-0.39, 0.29) is 30.0 Å².